The molecule has 0 saturated heterocycles. The van der Waals surface area contributed by atoms with Crippen LogP contribution in [0.3, 0.4) is 0 Å². The summed E-state index contributed by atoms with van der Waals surface area (Å²) in [6, 6.07) is 6.05. The number of nitrogens with one attached hydrogen (secondary N) is 1. The zero-order valence-corrected chi connectivity index (χ0v) is 12.4. The Morgan fingerprint density at radius 3 is 2.81 bits per heavy atom. The van der Waals surface area contributed by atoms with Gasteiger partial charge in [-0.2, -0.15) is 8.42 Å². The van der Waals surface area contributed by atoms with E-state index in [0.717, 1.165) is 0 Å². The third kappa shape index (κ3) is 3.40. The third-order valence-corrected chi connectivity index (χ3v) is 4.05. The lowest BCUT2D eigenvalue weighted by Gasteiger charge is -2.07. The van der Waals surface area contributed by atoms with E-state index in [4.69, 9.17) is 0 Å². The summed E-state index contributed by atoms with van der Waals surface area (Å²) in [5, 5.41) is -0.0761. The van der Waals surface area contributed by atoms with E-state index in [9.17, 15) is 13.2 Å². The molecule has 7 nitrogen and oxygen atoms in total. The predicted molar refractivity (Wildman–Crippen MR) is 76.5 cm³/mol. The Hall–Kier alpha value is -2.35. The Morgan fingerprint density at radius 2 is 2.19 bits per heavy atom. The topological polar surface area (TPSA) is 90.3 Å². The van der Waals surface area contributed by atoms with Gasteiger partial charge in [-0.1, -0.05) is 6.07 Å². The lowest BCUT2D eigenvalue weighted by molar-refractivity contribution is 0.0601. The molecule has 112 valence electrons. The lowest BCUT2D eigenvalue weighted by atomic mass is 10.2. The van der Waals surface area contributed by atoms with Crippen molar-refractivity contribution in [2.45, 2.75) is 18.5 Å². The molecule has 0 bridgehead atoms. The van der Waals surface area contributed by atoms with Gasteiger partial charge in [-0.3, -0.25) is 4.72 Å². The van der Waals surface area contributed by atoms with Gasteiger partial charge in [0.05, 0.1) is 19.0 Å². The van der Waals surface area contributed by atoms with Crippen LogP contribution in [0.1, 0.15) is 17.3 Å². The van der Waals surface area contributed by atoms with Gasteiger partial charge in [-0.15, -0.1) is 0 Å². The zero-order valence-electron chi connectivity index (χ0n) is 11.6. The van der Waals surface area contributed by atoms with Crippen molar-refractivity contribution in [3.8, 4) is 0 Å². The molecule has 1 aromatic heterocycles. The number of nitrogens with zero attached hydrogens (tertiary/aromatic N) is 2. The van der Waals surface area contributed by atoms with Crippen molar-refractivity contribution < 1.29 is 17.9 Å². The van der Waals surface area contributed by atoms with Gasteiger partial charge in [0.15, 0.2) is 5.03 Å². The average Bonchev–Trinajstić information content (AvgIpc) is 2.96. The minimum Gasteiger partial charge on any atom is -0.465 e. The molecule has 0 aliphatic heterocycles. The molecule has 0 aliphatic rings. The number of carbonyl (C=O) groups is 1. The number of benzene rings is 1. The molecule has 0 spiro atoms. The third-order valence-electron chi connectivity index (χ3n) is 2.79. The summed E-state index contributed by atoms with van der Waals surface area (Å²) in [5.41, 5.74) is 0.528. The van der Waals surface area contributed by atoms with E-state index >= 15 is 0 Å². The number of hydrogen-bond acceptors (Lipinski definition) is 5. The molecule has 0 aliphatic carbocycles. The van der Waals surface area contributed by atoms with E-state index in [-0.39, 0.29) is 16.3 Å². The molecule has 1 aromatic carbocycles. The fourth-order valence-corrected chi connectivity index (χ4v) is 2.69. The molecule has 0 radical (unpaired) electrons. The maximum Gasteiger partial charge on any atom is 0.337 e. The highest BCUT2D eigenvalue weighted by Gasteiger charge is 2.18. The monoisotopic (exact) mass is 309 g/mol. The number of aromatic nitrogens is 2. The van der Waals surface area contributed by atoms with Crippen LogP contribution in [0.2, 0.25) is 0 Å². The quantitative estimate of drug-likeness (QED) is 0.845. The smallest absolute Gasteiger partial charge is 0.337 e. The Labute approximate surface area is 122 Å². The molecule has 0 atom stereocenters. The van der Waals surface area contributed by atoms with Crippen molar-refractivity contribution in [2.24, 2.45) is 0 Å². The van der Waals surface area contributed by atoms with Gasteiger partial charge in [0.25, 0.3) is 10.0 Å². The number of ether oxygens (including phenoxy) is 1. The van der Waals surface area contributed by atoms with Gasteiger partial charge in [0, 0.05) is 18.4 Å². The van der Waals surface area contributed by atoms with Gasteiger partial charge in [-0.05, 0) is 25.1 Å². The fraction of sp³-hybridized carbons (Fsp3) is 0.231. The number of esters is 1. The van der Waals surface area contributed by atoms with Crippen LogP contribution in [0.5, 0.6) is 0 Å². The van der Waals surface area contributed by atoms with Gasteiger partial charge >= 0.3 is 5.97 Å². The minimum absolute atomic E-state index is 0.0761. The Morgan fingerprint density at radius 1 is 1.43 bits per heavy atom. The molecular weight excluding hydrogens is 294 g/mol. The second-order valence-electron chi connectivity index (χ2n) is 4.22. The molecule has 0 unspecified atom stereocenters. The fourth-order valence-electron chi connectivity index (χ4n) is 1.69. The summed E-state index contributed by atoms with van der Waals surface area (Å²) in [6.07, 6.45) is 2.88. The molecule has 2 aromatic rings. The van der Waals surface area contributed by atoms with Crippen LogP contribution >= 0.6 is 0 Å². The SMILES string of the molecule is CCn1cnc(S(=O)(=O)Nc2cccc(C(=O)OC)c2)c1. The van der Waals surface area contributed by atoms with Crippen molar-refractivity contribution in [2.75, 3.05) is 11.8 Å². The van der Waals surface area contributed by atoms with Crippen LogP contribution in [-0.2, 0) is 21.3 Å². The van der Waals surface area contributed by atoms with E-state index < -0.39 is 16.0 Å². The van der Waals surface area contributed by atoms with E-state index in [1.807, 2.05) is 6.92 Å². The molecule has 8 heteroatoms. The lowest BCUT2D eigenvalue weighted by Crippen LogP contribution is -2.14. The maximum atomic E-state index is 12.2. The first-order valence-corrected chi connectivity index (χ1v) is 7.67. The molecule has 1 heterocycles. The summed E-state index contributed by atoms with van der Waals surface area (Å²) < 4.78 is 33.0. The maximum absolute atomic E-state index is 12.2. The largest absolute Gasteiger partial charge is 0.465 e. The van der Waals surface area contributed by atoms with Crippen molar-refractivity contribution >= 4 is 21.7 Å². The summed E-state index contributed by atoms with van der Waals surface area (Å²) in [4.78, 5) is 15.3. The highest BCUT2D eigenvalue weighted by molar-refractivity contribution is 7.92. The van der Waals surface area contributed by atoms with Crippen LogP contribution in [0, 0.1) is 0 Å². The number of hydrogen-bond donors (Lipinski definition) is 1. The summed E-state index contributed by atoms with van der Waals surface area (Å²) in [6.45, 7) is 2.51. The average molecular weight is 309 g/mol. The molecule has 0 saturated carbocycles. The number of aryl methyl sites for hydroxylation is 1. The standard InChI is InChI=1S/C13H15N3O4S/c1-3-16-8-12(14-9-16)21(18,19)15-11-6-4-5-10(7-11)13(17)20-2/h4-9,15H,3H2,1-2H3. The van der Waals surface area contributed by atoms with Gasteiger partial charge in [0.1, 0.15) is 0 Å². The van der Waals surface area contributed by atoms with Crippen LogP contribution in [0.15, 0.2) is 41.8 Å². The Balaban J connectivity index is 2.26. The molecule has 2 rings (SSSR count). The predicted octanol–water partition coefficient (Wildman–Crippen LogP) is 1.49. The van der Waals surface area contributed by atoms with E-state index in [0.29, 0.717) is 6.54 Å². The van der Waals surface area contributed by atoms with Crippen LogP contribution in [0.4, 0.5) is 5.69 Å². The highest BCUT2D eigenvalue weighted by atomic mass is 32.2. The van der Waals surface area contributed by atoms with Crippen LogP contribution < -0.4 is 4.72 Å². The number of carbonyl (C=O) groups excluding carboxylic acids is 1. The van der Waals surface area contributed by atoms with Gasteiger partial charge in [0.2, 0.25) is 0 Å². The number of anilines is 1. The first-order valence-electron chi connectivity index (χ1n) is 6.19. The molecule has 21 heavy (non-hydrogen) atoms. The van der Waals surface area contributed by atoms with Crippen molar-refractivity contribution in [1.29, 1.82) is 0 Å². The molecule has 0 fully saturated rings. The normalized spacial score (nSPS) is 11.1. The first-order chi connectivity index (χ1) is 9.96. The molecule has 1 N–H and O–H groups in total. The highest BCUT2D eigenvalue weighted by Crippen LogP contribution is 2.16. The van der Waals surface area contributed by atoms with Crippen molar-refractivity contribution in [3.63, 3.8) is 0 Å². The summed E-state index contributed by atoms with van der Waals surface area (Å²) in [5.74, 6) is -0.536. The minimum atomic E-state index is -3.79. The van der Waals surface area contributed by atoms with Crippen LogP contribution in [-0.4, -0.2) is 31.0 Å². The molecule has 0 amide bonds. The van der Waals surface area contributed by atoms with Gasteiger partial charge < -0.3 is 9.30 Å². The first kappa shape index (κ1) is 15.0. The summed E-state index contributed by atoms with van der Waals surface area (Å²) in [7, 11) is -2.53. The molecular formula is C13H15N3O4S. The van der Waals surface area contributed by atoms with Crippen LogP contribution in [0.25, 0.3) is 0 Å². The Bertz CT molecular complexity index is 752. The van der Waals surface area contributed by atoms with E-state index in [1.165, 1.54) is 31.8 Å². The van der Waals surface area contributed by atoms with E-state index in [2.05, 4.69) is 14.4 Å². The van der Waals surface area contributed by atoms with Crippen molar-refractivity contribution in [1.82, 2.24) is 9.55 Å². The number of imidazole rings is 1. The van der Waals surface area contributed by atoms with Gasteiger partial charge in [-0.25, -0.2) is 9.78 Å². The number of rotatable bonds is 5. The second-order valence-corrected chi connectivity index (χ2v) is 5.85. The number of sulfonamides is 1. The summed E-state index contributed by atoms with van der Waals surface area (Å²) >= 11 is 0. The van der Waals surface area contributed by atoms with Crippen molar-refractivity contribution in [3.05, 3.63) is 42.4 Å². The Kier molecular flexibility index (Phi) is 4.27. The number of methoxy groups -OCH3 is 1. The zero-order chi connectivity index (χ0) is 15.5. The second kappa shape index (κ2) is 5.96. The van der Waals surface area contributed by atoms with E-state index in [1.54, 1.807) is 16.7 Å².